The van der Waals surface area contributed by atoms with Gasteiger partial charge in [-0.3, -0.25) is 9.10 Å². The molecule has 0 saturated carbocycles. The number of methoxy groups -OCH3 is 2. The van der Waals surface area contributed by atoms with Crippen LogP contribution in [0.5, 0.6) is 17.2 Å². The minimum atomic E-state index is -4.13. The second kappa shape index (κ2) is 12.3. The molecule has 0 heterocycles. The molecule has 0 aliphatic heterocycles. The summed E-state index contributed by atoms with van der Waals surface area (Å²) >= 11 is 0. The third-order valence-electron chi connectivity index (χ3n) is 5.50. The van der Waals surface area contributed by atoms with Crippen molar-refractivity contribution in [3.05, 3.63) is 77.9 Å². The molecular weight excluding hydrogens is 480 g/mol. The third kappa shape index (κ3) is 6.69. The molecule has 1 N–H and O–H groups in total. The van der Waals surface area contributed by atoms with Crippen molar-refractivity contribution in [2.75, 3.05) is 38.2 Å². The van der Waals surface area contributed by atoms with Crippen molar-refractivity contribution in [1.29, 1.82) is 0 Å². The number of rotatable bonds is 12. The predicted octanol–water partition coefficient (Wildman–Crippen LogP) is 3.97. The van der Waals surface area contributed by atoms with Gasteiger partial charge in [-0.15, -0.1) is 0 Å². The average Bonchev–Trinajstić information content (AvgIpc) is 2.88. The predicted molar refractivity (Wildman–Crippen MR) is 140 cm³/mol. The normalized spacial score (nSPS) is 11.0. The summed E-state index contributed by atoms with van der Waals surface area (Å²) in [5.74, 6) is 1.14. The molecule has 36 heavy (non-hydrogen) atoms. The Balaban J connectivity index is 1.83. The molecule has 0 radical (unpaired) electrons. The highest BCUT2D eigenvalue weighted by Gasteiger charge is 2.30. The van der Waals surface area contributed by atoms with Crippen molar-refractivity contribution in [3.8, 4) is 17.2 Å². The largest absolute Gasteiger partial charge is 0.497 e. The van der Waals surface area contributed by atoms with Gasteiger partial charge >= 0.3 is 0 Å². The lowest BCUT2D eigenvalue weighted by atomic mass is 10.1. The number of carbonyl (C=O) groups is 1. The zero-order valence-electron chi connectivity index (χ0n) is 21.0. The number of ether oxygens (including phenoxy) is 3. The minimum Gasteiger partial charge on any atom is -0.497 e. The van der Waals surface area contributed by atoms with Crippen LogP contribution in [0, 0.1) is 6.92 Å². The van der Waals surface area contributed by atoms with Gasteiger partial charge in [0.2, 0.25) is 5.91 Å². The smallest absolute Gasteiger partial charge is 0.268 e. The van der Waals surface area contributed by atoms with Gasteiger partial charge in [0.1, 0.15) is 28.7 Å². The molecule has 0 aromatic heterocycles. The van der Waals surface area contributed by atoms with Crippen LogP contribution in [0.3, 0.4) is 0 Å². The van der Waals surface area contributed by atoms with Crippen LogP contribution in [0.4, 0.5) is 5.69 Å². The Morgan fingerprint density at radius 1 is 0.917 bits per heavy atom. The van der Waals surface area contributed by atoms with Crippen molar-refractivity contribution >= 4 is 21.6 Å². The molecule has 192 valence electrons. The number of aryl methyl sites for hydroxylation is 1. The molecular formula is C27H32N2O6S. The molecule has 0 spiro atoms. The summed E-state index contributed by atoms with van der Waals surface area (Å²) in [6, 6.07) is 19.1. The Morgan fingerprint density at radius 3 is 2.19 bits per heavy atom. The van der Waals surface area contributed by atoms with E-state index in [2.05, 4.69) is 5.32 Å². The molecule has 3 rings (SSSR count). The molecule has 1 amide bonds. The van der Waals surface area contributed by atoms with E-state index in [9.17, 15) is 13.2 Å². The molecule has 0 bridgehead atoms. The minimum absolute atomic E-state index is 0.00934. The van der Waals surface area contributed by atoms with Gasteiger partial charge in [-0.1, -0.05) is 18.2 Å². The highest BCUT2D eigenvalue weighted by molar-refractivity contribution is 7.93. The van der Waals surface area contributed by atoms with Crippen LogP contribution in [0.2, 0.25) is 0 Å². The van der Waals surface area contributed by atoms with Gasteiger partial charge in [0.25, 0.3) is 10.0 Å². The summed E-state index contributed by atoms with van der Waals surface area (Å²) in [6.45, 7) is 4.11. The van der Waals surface area contributed by atoms with Gasteiger partial charge in [0.15, 0.2) is 0 Å². The number of nitrogens with zero attached hydrogens (tertiary/aromatic N) is 1. The van der Waals surface area contributed by atoms with Crippen LogP contribution in [-0.4, -0.2) is 48.2 Å². The van der Waals surface area contributed by atoms with Gasteiger partial charge in [-0.05, 0) is 79.9 Å². The standard InChI is InChI=1S/C27H32N2O6S/c1-5-35-24-13-9-22(10-14-24)29(36(31,32)26-18-20(2)6-15-25(26)34-4)19-27(30)28-17-16-21-7-11-23(33-3)12-8-21/h6-15,18H,5,16-17,19H2,1-4H3,(H,28,30). The zero-order valence-corrected chi connectivity index (χ0v) is 21.8. The number of amides is 1. The fraction of sp³-hybridized carbons (Fsp3) is 0.296. The number of anilines is 1. The maximum atomic E-state index is 13.8. The Bertz CT molecular complexity index is 1260. The number of carbonyl (C=O) groups excluding carboxylic acids is 1. The summed E-state index contributed by atoms with van der Waals surface area (Å²) in [7, 11) is -1.12. The first kappa shape index (κ1) is 26.9. The van der Waals surface area contributed by atoms with E-state index in [4.69, 9.17) is 14.2 Å². The molecule has 0 fully saturated rings. The first-order chi connectivity index (χ1) is 17.3. The molecule has 0 unspecified atom stereocenters. The quantitative estimate of drug-likeness (QED) is 0.395. The lowest BCUT2D eigenvalue weighted by Gasteiger charge is -2.25. The van der Waals surface area contributed by atoms with E-state index < -0.39 is 22.5 Å². The third-order valence-corrected chi connectivity index (χ3v) is 7.30. The van der Waals surface area contributed by atoms with Crippen LogP contribution < -0.4 is 23.8 Å². The lowest BCUT2D eigenvalue weighted by Crippen LogP contribution is -2.41. The molecule has 8 nitrogen and oxygen atoms in total. The maximum absolute atomic E-state index is 13.8. The highest BCUT2D eigenvalue weighted by Crippen LogP contribution is 2.31. The number of benzene rings is 3. The molecule has 0 aliphatic carbocycles. The van der Waals surface area contributed by atoms with Gasteiger partial charge in [0, 0.05) is 6.54 Å². The fourth-order valence-corrected chi connectivity index (χ4v) is 5.28. The number of hydrogen-bond donors (Lipinski definition) is 1. The average molecular weight is 513 g/mol. The summed E-state index contributed by atoms with van der Waals surface area (Å²) < 4.78 is 44.6. The van der Waals surface area contributed by atoms with E-state index in [1.54, 1.807) is 50.4 Å². The van der Waals surface area contributed by atoms with Crippen LogP contribution in [0.25, 0.3) is 0 Å². The van der Waals surface area contributed by atoms with E-state index in [0.717, 1.165) is 21.2 Å². The molecule has 0 atom stereocenters. The summed E-state index contributed by atoms with van der Waals surface area (Å²) in [5.41, 5.74) is 2.12. The molecule has 9 heteroatoms. The highest BCUT2D eigenvalue weighted by atomic mass is 32.2. The van der Waals surface area contributed by atoms with Gasteiger partial charge in [0.05, 0.1) is 26.5 Å². The Kier molecular flexibility index (Phi) is 9.19. The topological polar surface area (TPSA) is 94.2 Å². The zero-order chi connectivity index (χ0) is 26.1. The monoisotopic (exact) mass is 512 g/mol. The summed E-state index contributed by atoms with van der Waals surface area (Å²) in [5, 5.41) is 2.82. The van der Waals surface area contributed by atoms with Gasteiger partial charge in [-0.25, -0.2) is 8.42 Å². The SMILES string of the molecule is CCOc1ccc(N(CC(=O)NCCc2ccc(OC)cc2)S(=O)(=O)c2cc(C)ccc2OC)cc1. The van der Waals surface area contributed by atoms with E-state index in [1.165, 1.54) is 13.2 Å². The van der Waals surface area contributed by atoms with E-state index in [0.29, 0.717) is 31.0 Å². The summed E-state index contributed by atoms with van der Waals surface area (Å²) in [4.78, 5) is 12.9. The molecule has 0 saturated heterocycles. The second-order valence-corrected chi connectivity index (χ2v) is 9.87. The van der Waals surface area contributed by atoms with Crippen molar-refractivity contribution < 1.29 is 27.4 Å². The Morgan fingerprint density at radius 2 is 1.58 bits per heavy atom. The fourth-order valence-electron chi connectivity index (χ4n) is 3.62. The maximum Gasteiger partial charge on any atom is 0.268 e. The number of nitrogens with one attached hydrogen (secondary N) is 1. The molecule has 3 aromatic rings. The second-order valence-electron chi connectivity index (χ2n) is 8.04. The number of hydrogen-bond acceptors (Lipinski definition) is 6. The van der Waals surface area contributed by atoms with Gasteiger partial charge in [-0.2, -0.15) is 0 Å². The van der Waals surface area contributed by atoms with Crippen LogP contribution in [-0.2, 0) is 21.2 Å². The molecule has 0 aliphatic rings. The lowest BCUT2D eigenvalue weighted by molar-refractivity contribution is -0.119. The number of sulfonamides is 1. The van der Waals surface area contributed by atoms with Crippen molar-refractivity contribution in [2.24, 2.45) is 0 Å². The first-order valence-electron chi connectivity index (χ1n) is 11.6. The van der Waals surface area contributed by atoms with Crippen molar-refractivity contribution in [1.82, 2.24) is 5.32 Å². The van der Waals surface area contributed by atoms with E-state index in [-0.39, 0.29) is 10.6 Å². The Hall–Kier alpha value is -3.72. The van der Waals surface area contributed by atoms with Crippen LogP contribution >= 0.6 is 0 Å². The summed E-state index contributed by atoms with van der Waals surface area (Å²) in [6.07, 6.45) is 0.594. The Labute approximate surface area is 212 Å². The van der Waals surface area contributed by atoms with Crippen molar-refractivity contribution in [2.45, 2.75) is 25.2 Å². The van der Waals surface area contributed by atoms with E-state index >= 15 is 0 Å². The van der Waals surface area contributed by atoms with E-state index in [1.807, 2.05) is 31.2 Å². The van der Waals surface area contributed by atoms with Crippen LogP contribution in [0.15, 0.2) is 71.6 Å². The molecule has 3 aromatic carbocycles. The first-order valence-corrected chi connectivity index (χ1v) is 13.0. The van der Waals surface area contributed by atoms with Crippen molar-refractivity contribution in [3.63, 3.8) is 0 Å². The van der Waals surface area contributed by atoms with Crippen LogP contribution in [0.1, 0.15) is 18.1 Å². The van der Waals surface area contributed by atoms with Gasteiger partial charge < -0.3 is 19.5 Å².